The van der Waals surface area contributed by atoms with Crippen molar-refractivity contribution in [3.63, 3.8) is 0 Å². The third kappa shape index (κ3) is 3.88. The molecule has 2 rings (SSSR count). The minimum absolute atomic E-state index is 0.131. The van der Waals surface area contributed by atoms with E-state index in [0.717, 1.165) is 24.8 Å². The molecule has 0 aromatic heterocycles. The van der Waals surface area contributed by atoms with E-state index in [2.05, 4.69) is 4.72 Å². The number of thioether (sulfide) groups is 1. The van der Waals surface area contributed by atoms with E-state index in [-0.39, 0.29) is 4.75 Å². The summed E-state index contributed by atoms with van der Waals surface area (Å²) in [7, 11) is -3.39. The first-order valence-electron chi connectivity index (χ1n) is 6.21. The number of halogens is 1. The molecule has 3 nitrogen and oxygen atoms in total. The van der Waals surface area contributed by atoms with Crippen LogP contribution in [-0.2, 0) is 16.4 Å². The SMILES string of the molecule is CSC1(CNS(=O)(=O)c2ccc(CCCl)cc2)CC1. The highest BCUT2D eigenvalue weighted by atomic mass is 35.5. The van der Waals surface area contributed by atoms with Crippen LogP contribution in [0.3, 0.4) is 0 Å². The zero-order valence-electron chi connectivity index (χ0n) is 10.9. The number of hydrogen-bond acceptors (Lipinski definition) is 3. The van der Waals surface area contributed by atoms with Crippen LogP contribution in [0, 0.1) is 0 Å². The second-order valence-corrected chi connectivity index (χ2v) is 8.21. The van der Waals surface area contributed by atoms with Gasteiger partial charge in [-0.05, 0) is 43.2 Å². The Kier molecular flexibility index (Phi) is 4.82. The molecule has 1 aromatic rings. The van der Waals surface area contributed by atoms with Crippen molar-refractivity contribution in [2.75, 3.05) is 18.7 Å². The number of alkyl halides is 1. The van der Waals surface area contributed by atoms with Gasteiger partial charge in [0.25, 0.3) is 0 Å². The van der Waals surface area contributed by atoms with Crippen LogP contribution in [0.5, 0.6) is 0 Å². The van der Waals surface area contributed by atoms with Crippen LogP contribution in [0.1, 0.15) is 18.4 Å². The summed E-state index contributed by atoms with van der Waals surface area (Å²) in [6.07, 6.45) is 4.96. The molecule has 106 valence electrons. The number of sulfonamides is 1. The Bertz CT molecular complexity index is 524. The molecule has 0 saturated heterocycles. The van der Waals surface area contributed by atoms with Gasteiger partial charge in [0.15, 0.2) is 0 Å². The van der Waals surface area contributed by atoms with E-state index in [4.69, 9.17) is 11.6 Å². The lowest BCUT2D eigenvalue weighted by atomic mass is 10.2. The van der Waals surface area contributed by atoms with Crippen molar-refractivity contribution < 1.29 is 8.42 Å². The Morgan fingerprint density at radius 2 is 1.95 bits per heavy atom. The van der Waals surface area contributed by atoms with E-state index in [0.29, 0.717) is 17.3 Å². The highest BCUT2D eigenvalue weighted by Gasteiger charge is 2.42. The molecule has 0 bridgehead atoms. The Hall–Kier alpha value is -0.230. The van der Waals surface area contributed by atoms with Crippen molar-refractivity contribution in [1.29, 1.82) is 0 Å². The first kappa shape index (κ1) is 15.2. The molecule has 1 aliphatic rings. The summed E-state index contributed by atoms with van der Waals surface area (Å²) < 4.78 is 27.1. The molecule has 0 radical (unpaired) electrons. The van der Waals surface area contributed by atoms with E-state index < -0.39 is 10.0 Å². The highest BCUT2D eigenvalue weighted by Crippen LogP contribution is 2.46. The fourth-order valence-electron chi connectivity index (χ4n) is 1.85. The van der Waals surface area contributed by atoms with Crippen LogP contribution in [-0.4, -0.2) is 31.8 Å². The number of rotatable bonds is 7. The van der Waals surface area contributed by atoms with Gasteiger partial charge in [-0.15, -0.1) is 11.6 Å². The van der Waals surface area contributed by atoms with Gasteiger partial charge in [0.2, 0.25) is 10.0 Å². The fraction of sp³-hybridized carbons (Fsp3) is 0.538. The summed E-state index contributed by atoms with van der Waals surface area (Å²) in [6.45, 7) is 0.514. The van der Waals surface area contributed by atoms with Crippen LogP contribution in [0.2, 0.25) is 0 Å². The summed E-state index contributed by atoms with van der Waals surface area (Å²) in [5, 5.41) is 0. The standard InChI is InChI=1S/C13H18ClNO2S2/c1-18-13(7-8-13)10-15-19(16,17)12-4-2-11(3-5-12)6-9-14/h2-5,15H,6-10H2,1H3. The van der Waals surface area contributed by atoms with Crippen LogP contribution in [0.25, 0.3) is 0 Å². The molecule has 1 aromatic carbocycles. The van der Waals surface area contributed by atoms with Gasteiger partial charge in [-0.1, -0.05) is 12.1 Å². The van der Waals surface area contributed by atoms with Crippen molar-refractivity contribution in [3.8, 4) is 0 Å². The van der Waals surface area contributed by atoms with Gasteiger partial charge in [0.1, 0.15) is 0 Å². The summed E-state index contributed by atoms with van der Waals surface area (Å²) in [6, 6.07) is 6.92. The second-order valence-electron chi connectivity index (χ2n) is 4.79. The van der Waals surface area contributed by atoms with Crippen molar-refractivity contribution in [2.45, 2.75) is 28.9 Å². The second kappa shape index (κ2) is 6.04. The van der Waals surface area contributed by atoms with Crippen molar-refractivity contribution in [2.24, 2.45) is 0 Å². The lowest BCUT2D eigenvalue weighted by molar-refractivity contribution is 0.579. The van der Waals surface area contributed by atoms with Crippen LogP contribution in [0.15, 0.2) is 29.2 Å². The maximum Gasteiger partial charge on any atom is 0.240 e. The molecular formula is C13H18ClNO2S2. The average Bonchev–Trinajstić information content (AvgIpc) is 3.18. The van der Waals surface area contributed by atoms with Crippen molar-refractivity contribution >= 4 is 33.4 Å². The monoisotopic (exact) mass is 319 g/mol. The van der Waals surface area contributed by atoms with E-state index >= 15 is 0 Å². The molecule has 1 N–H and O–H groups in total. The van der Waals surface area contributed by atoms with Gasteiger partial charge in [-0.3, -0.25) is 0 Å². The third-order valence-electron chi connectivity index (χ3n) is 3.44. The van der Waals surface area contributed by atoms with Gasteiger partial charge >= 0.3 is 0 Å². The van der Waals surface area contributed by atoms with Gasteiger partial charge in [-0.2, -0.15) is 11.8 Å². The maximum absolute atomic E-state index is 12.1. The van der Waals surface area contributed by atoms with E-state index in [1.807, 2.05) is 18.4 Å². The summed E-state index contributed by atoms with van der Waals surface area (Å²) >= 11 is 7.40. The molecule has 0 aliphatic heterocycles. The molecular weight excluding hydrogens is 302 g/mol. The highest BCUT2D eigenvalue weighted by molar-refractivity contribution is 8.00. The minimum Gasteiger partial charge on any atom is -0.210 e. The summed E-state index contributed by atoms with van der Waals surface area (Å²) in [5.74, 6) is 0.542. The lowest BCUT2D eigenvalue weighted by Crippen LogP contribution is -2.31. The molecule has 0 amide bonds. The Labute approximate surface area is 124 Å². The van der Waals surface area contributed by atoms with Gasteiger partial charge in [-0.25, -0.2) is 13.1 Å². The molecule has 1 aliphatic carbocycles. The largest absolute Gasteiger partial charge is 0.240 e. The Morgan fingerprint density at radius 1 is 1.32 bits per heavy atom. The van der Waals surface area contributed by atoms with Crippen LogP contribution < -0.4 is 4.72 Å². The molecule has 1 fully saturated rings. The molecule has 0 spiro atoms. The molecule has 6 heteroatoms. The van der Waals surface area contributed by atoms with Gasteiger partial charge < -0.3 is 0 Å². The van der Waals surface area contributed by atoms with E-state index in [1.54, 1.807) is 23.9 Å². The van der Waals surface area contributed by atoms with Crippen LogP contribution in [0.4, 0.5) is 0 Å². The number of aryl methyl sites for hydroxylation is 1. The molecule has 0 unspecified atom stereocenters. The lowest BCUT2D eigenvalue weighted by Gasteiger charge is -2.13. The smallest absolute Gasteiger partial charge is 0.210 e. The molecule has 0 heterocycles. The predicted molar refractivity (Wildman–Crippen MR) is 81.5 cm³/mol. The van der Waals surface area contributed by atoms with Gasteiger partial charge in [0.05, 0.1) is 4.90 Å². The molecule has 0 atom stereocenters. The maximum atomic E-state index is 12.1. The number of nitrogens with one attached hydrogen (secondary N) is 1. The fourth-order valence-corrected chi connectivity index (χ4v) is 4.01. The summed E-state index contributed by atoms with van der Waals surface area (Å²) in [4.78, 5) is 0.322. The summed E-state index contributed by atoms with van der Waals surface area (Å²) in [5.41, 5.74) is 1.05. The zero-order valence-corrected chi connectivity index (χ0v) is 13.2. The topological polar surface area (TPSA) is 46.2 Å². The first-order chi connectivity index (χ1) is 9.01. The van der Waals surface area contributed by atoms with Gasteiger partial charge in [0, 0.05) is 17.2 Å². The number of benzene rings is 1. The van der Waals surface area contributed by atoms with Crippen LogP contribution >= 0.6 is 23.4 Å². The molecule has 1 saturated carbocycles. The zero-order chi connectivity index (χ0) is 13.9. The quantitative estimate of drug-likeness (QED) is 0.786. The Morgan fingerprint density at radius 3 is 2.42 bits per heavy atom. The van der Waals surface area contributed by atoms with Crippen molar-refractivity contribution in [3.05, 3.63) is 29.8 Å². The van der Waals surface area contributed by atoms with E-state index in [9.17, 15) is 8.42 Å². The molecule has 19 heavy (non-hydrogen) atoms. The predicted octanol–water partition coefficient (Wildman–Crippen LogP) is 2.64. The number of hydrogen-bond donors (Lipinski definition) is 1. The van der Waals surface area contributed by atoms with Crippen molar-refractivity contribution in [1.82, 2.24) is 4.72 Å². The van der Waals surface area contributed by atoms with E-state index in [1.165, 1.54) is 0 Å². The first-order valence-corrected chi connectivity index (χ1v) is 9.45. The third-order valence-corrected chi connectivity index (χ3v) is 6.47. The Balaban J connectivity index is 2.02. The minimum atomic E-state index is -3.39. The average molecular weight is 320 g/mol. The normalized spacial score (nSPS) is 17.4.